The highest BCUT2D eigenvalue weighted by molar-refractivity contribution is 14.0. The highest BCUT2D eigenvalue weighted by Gasteiger charge is 2.06. The molecule has 0 fully saturated rings. The fraction of sp³-hybridized carbons (Fsp3) is 0.308. The molecule has 0 heterocycles. The second kappa shape index (κ2) is 9.74. The molecule has 1 aromatic rings. The van der Waals surface area contributed by atoms with Gasteiger partial charge in [-0.05, 0) is 24.6 Å². The van der Waals surface area contributed by atoms with Crippen LogP contribution < -0.4 is 15.8 Å². The molecule has 0 saturated heterocycles. The number of primary sulfonamides is 1. The number of hydrogen-bond donors (Lipinski definition) is 3. The second-order valence-electron chi connectivity index (χ2n) is 4.05. The molecule has 0 amide bonds. The van der Waals surface area contributed by atoms with Crippen LogP contribution in [0.15, 0.2) is 46.8 Å². The van der Waals surface area contributed by atoms with Crippen LogP contribution in [-0.2, 0) is 16.6 Å². The van der Waals surface area contributed by atoms with Crippen LogP contribution in [0.4, 0.5) is 0 Å². The Morgan fingerprint density at radius 1 is 1.33 bits per heavy atom. The molecule has 0 saturated carbocycles. The molecular weight excluding hydrogens is 403 g/mol. The van der Waals surface area contributed by atoms with Crippen LogP contribution in [0.25, 0.3) is 0 Å². The topological polar surface area (TPSA) is 96.6 Å². The van der Waals surface area contributed by atoms with Gasteiger partial charge in [0.1, 0.15) is 0 Å². The van der Waals surface area contributed by atoms with E-state index in [0.717, 1.165) is 12.1 Å². The van der Waals surface area contributed by atoms with Gasteiger partial charge in [0.2, 0.25) is 10.0 Å². The minimum Gasteiger partial charge on any atom is -0.357 e. The number of nitrogens with one attached hydrogen (secondary N) is 2. The summed E-state index contributed by atoms with van der Waals surface area (Å²) in [5.41, 5.74) is 0.896. The van der Waals surface area contributed by atoms with Crippen LogP contribution in [-0.4, -0.2) is 27.5 Å². The summed E-state index contributed by atoms with van der Waals surface area (Å²) >= 11 is 0. The predicted molar refractivity (Wildman–Crippen MR) is 96.2 cm³/mol. The van der Waals surface area contributed by atoms with E-state index >= 15 is 0 Å². The van der Waals surface area contributed by atoms with Gasteiger partial charge in [0, 0.05) is 13.1 Å². The van der Waals surface area contributed by atoms with E-state index in [1.165, 1.54) is 12.1 Å². The maximum atomic E-state index is 11.1. The molecule has 0 radical (unpaired) electrons. The third kappa shape index (κ3) is 7.44. The standard InChI is InChI=1S/C13H20N4O2S.HI/c1-3-9-16-13(15-4-2)17-10-11-5-7-12(8-6-11)20(14,18)19;/h3,5-8H,1,4,9-10H2,2H3,(H2,14,18,19)(H2,15,16,17);1H. The first-order chi connectivity index (χ1) is 9.47. The number of benzene rings is 1. The Morgan fingerprint density at radius 3 is 2.43 bits per heavy atom. The Morgan fingerprint density at radius 2 is 1.95 bits per heavy atom. The van der Waals surface area contributed by atoms with Gasteiger partial charge in [-0.25, -0.2) is 18.5 Å². The molecule has 0 aliphatic carbocycles. The molecule has 0 aromatic heterocycles. The van der Waals surface area contributed by atoms with E-state index < -0.39 is 10.0 Å². The molecule has 21 heavy (non-hydrogen) atoms. The van der Waals surface area contributed by atoms with Gasteiger partial charge in [0.15, 0.2) is 5.96 Å². The Hall–Kier alpha value is -1.13. The molecule has 0 spiro atoms. The van der Waals surface area contributed by atoms with E-state index in [2.05, 4.69) is 22.2 Å². The summed E-state index contributed by atoms with van der Waals surface area (Å²) in [6, 6.07) is 6.34. The van der Waals surface area contributed by atoms with Crippen molar-refractivity contribution in [2.45, 2.75) is 18.4 Å². The van der Waals surface area contributed by atoms with E-state index in [1.807, 2.05) is 6.92 Å². The number of nitrogens with zero attached hydrogens (tertiary/aromatic N) is 1. The summed E-state index contributed by atoms with van der Waals surface area (Å²) < 4.78 is 22.3. The Bertz CT molecular complexity index is 570. The smallest absolute Gasteiger partial charge is 0.238 e. The highest BCUT2D eigenvalue weighted by Crippen LogP contribution is 2.09. The third-order valence-corrected chi connectivity index (χ3v) is 3.36. The molecule has 0 aliphatic heterocycles. The monoisotopic (exact) mass is 424 g/mol. The van der Waals surface area contributed by atoms with Crippen molar-refractivity contribution < 1.29 is 8.42 Å². The van der Waals surface area contributed by atoms with Gasteiger partial charge >= 0.3 is 0 Å². The summed E-state index contributed by atoms with van der Waals surface area (Å²) in [5, 5.41) is 11.2. The second-order valence-corrected chi connectivity index (χ2v) is 5.62. The van der Waals surface area contributed by atoms with Gasteiger partial charge < -0.3 is 10.6 Å². The zero-order chi connectivity index (χ0) is 15.0. The first-order valence-electron chi connectivity index (χ1n) is 6.22. The van der Waals surface area contributed by atoms with E-state index in [0.29, 0.717) is 19.0 Å². The van der Waals surface area contributed by atoms with Crippen molar-refractivity contribution in [3.05, 3.63) is 42.5 Å². The lowest BCUT2D eigenvalue weighted by atomic mass is 10.2. The van der Waals surface area contributed by atoms with Crippen LogP contribution in [0.5, 0.6) is 0 Å². The first kappa shape index (κ1) is 19.9. The van der Waals surface area contributed by atoms with Gasteiger partial charge in [0.25, 0.3) is 0 Å². The molecular formula is C13H21IN4O2S. The number of guanidine groups is 1. The quantitative estimate of drug-likeness (QED) is 0.277. The fourth-order valence-electron chi connectivity index (χ4n) is 1.47. The number of sulfonamides is 1. The summed E-state index contributed by atoms with van der Waals surface area (Å²) in [6.45, 7) is 7.43. The first-order valence-corrected chi connectivity index (χ1v) is 7.76. The van der Waals surface area contributed by atoms with Crippen LogP contribution in [0.1, 0.15) is 12.5 Å². The number of nitrogens with two attached hydrogens (primary N) is 1. The summed E-state index contributed by atoms with van der Waals surface area (Å²) in [4.78, 5) is 4.48. The van der Waals surface area contributed by atoms with Crippen molar-refractivity contribution in [1.82, 2.24) is 10.6 Å². The zero-order valence-electron chi connectivity index (χ0n) is 11.9. The van der Waals surface area contributed by atoms with Crippen LogP contribution >= 0.6 is 24.0 Å². The van der Waals surface area contributed by atoms with E-state index in [4.69, 9.17) is 5.14 Å². The van der Waals surface area contributed by atoms with Crippen molar-refractivity contribution >= 4 is 40.0 Å². The van der Waals surface area contributed by atoms with Crippen molar-refractivity contribution in [3.8, 4) is 0 Å². The zero-order valence-corrected chi connectivity index (χ0v) is 15.0. The molecule has 1 rings (SSSR count). The minimum absolute atomic E-state index is 0. The molecule has 6 nitrogen and oxygen atoms in total. The maximum absolute atomic E-state index is 11.1. The molecule has 8 heteroatoms. The molecule has 0 bridgehead atoms. The van der Waals surface area contributed by atoms with Gasteiger partial charge in [-0.15, -0.1) is 30.6 Å². The van der Waals surface area contributed by atoms with Gasteiger partial charge in [0.05, 0.1) is 11.4 Å². The van der Waals surface area contributed by atoms with Crippen LogP contribution in [0, 0.1) is 0 Å². The number of hydrogen-bond acceptors (Lipinski definition) is 3. The fourth-order valence-corrected chi connectivity index (χ4v) is 1.98. The van der Waals surface area contributed by atoms with Crippen molar-refractivity contribution in [2.24, 2.45) is 10.1 Å². The Balaban J connectivity index is 0.00000400. The lowest BCUT2D eigenvalue weighted by molar-refractivity contribution is 0.598. The number of aliphatic imine (C=N–C) groups is 1. The molecule has 4 N–H and O–H groups in total. The van der Waals surface area contributed by atoms with Gasteiger partial charge in [-0.2, -0.15) is 0 Å². The average molecular weight is 424 g/mol. The largest absolute Gasteiger partial charge is 0.357 e. The number of halogens is 1. The third-order valence-electron chi connectivity index (χ3n) is 2.43. The van der Waals surface area contributed by atoms with Gasteiger partial charge in [-0.3, -0.25) is 0 Å². The Labute approximate surface area is 143 Å². The summed E-state index contributed by atoms with van der Waals surface area (Å²) in [5.74, 6) is 0.683. The Kier molecular flexibility index (Phi) is 9.22. The normalized spacial score (nSPS) is 11.4. The van der Waals surface area contributed by atoms with Crippen molar-refractivity contribution in [2.75, 3.05) is 13.1 Å². The predicted octanol–water partition coefficient (Wildman–Crippen LogP) is 1.19. The molecule has 0 atom stereocenters. The SMILES string of the molecule is C=CCNC(=NCc1ccc(S(N)(=O)=O)cc1)NCC.I. The van der Waals surface area contributed by atoms with Crippen LogP contribution in [0.3, 0.4) is 0 Å². The molecule has 118 valence electrons. The lowest BCUT2D eigenvalue weighted by Gasteiger charge is -2.09. The average Bonchev–Trinajstić information content (AvgIpc) is 2.41. The molecule has 1 aromatic carbocycles. The van der Waals surface area contributed by atoms with E-state index in [9.17, 15) is 8.42 Å². The van der Waals surface area contributed by atoms with E-state index in [-0.39, 0.29) is 28.9 Å². The summed E-state index contributed by atoms with van der Waals surface area (Å²) in [6.07, 6.45) is 1.74. The summed E-state index contributed by atoms with van der Waals surface area (Å²) in [7, 11) is -3.64. The van der Waals surface area contributed by atoms with E-state index in [1.54, 1.807) is 18.2 Å². The minimum atomic E-state index is -3.64. The molecule has 0 aliphatic rings. The van der Waals surface area contributed by atoms with Crippen molar-refractivity contribution in [3.63, 3.8) is 0 Å². The maximum Gasteiger partial charge on any atom is 0.238 e. The lowest BCUT2D eigenvalue weighted by Crippen LogP contribution is -2.37. The molecule has 0 unspecified atom stereocenters. The number of rotatable bonds is 6. The highest BCUT2D eigenvalue weighted by atomic mass is 127. The van der Waals surface area contributed by atoms with Crippen LogP contribution in [0.2, 0.25) is 0 Å². The van der Waals surface area contributed by atoms with Gasteiger partial charge in [-0.1, -0.05) is 18.2 Å². The van der Waals surface area contributed by atoms with Crippen molar-refractivity contribution in [1.29, 1.82) is 0 Å².